The van der Waals surface area contributed by atoms with Crippen LogP contribution in [0.2, 0.25) is 0 Å². The van der Waals surface area contributed by atoms with Crippen molar-refractivity contribution in [1.82, 2.24) is 29.9 Å². The minimum Gasteiger partial charge on any atom is -0.872 e. The third-order valence-electron chi connectivity index (χ3n) is 18.4. The fourth-order valence-corrected chi connectivity index (χ4v) is 12.3. The molecule has 0 unspecified atom stereocenters. The Bertz CT molecular complexity index is 5820. The van der Waals surface area contributed by atoms with Crippen LogP contribution in [0.4, 0.5) is 0 Å². The number of carbonyl (C=O) groups is 6. The molecule has 0 fully saturated rings. The van der Waals surface area contributed by atoms with E-state index in [0.29, 0.717) is 33.1 Å². The molecule has 6 aromatic heterocycles. The first kappa shape index (κ1) is 91.7. The van der Waals surface area contributed by atoms with E-state index in [9.17, 15) is 44.1 Å². The maximum absolute atomic E-state index is 10.9. The van der Waals surface area contributed by atoms with Crippen LogP contribution in [-0.4, -0.2) is 114 Å². The third-order valence-corrected chi connectivity index (χ3v) is 18.4. The second-order valence-electron chi connectivity index (χ2n) is 27.5. The molecule has 18 rings (SSSR count). The van der Waals surface area contributed by atoms with Gasteiger partial charge < -0.3 is 46.0 Å². The Morgan fingerprint density at radius 3 is 0.476 bits per heavy atom. The SMILES string of the molecule is Cc1ccc2cccc(C(=O)O)c2n1.Cc1ccc2cccc(C(=O)O)c2n1.Cc1ccc2cccc(C(=O)O)c2n1.Cc1ccc2cccc(C(=O)O)c2n1.Cc1ccc2cccc(C(=O)O)c2n1.Cc1ccc2cccc(C(=O)O)c2n1.[Al+3].[O-]c1ccc(-c2ccccc2)cc1.[O-]c1ccc(-c2ccccc2)cc1.[O-]c1ccc(-c2ccccc2)cc1. The van der Waals surface area contributed by atoms with Crippen LogP contribution < -0.4 is 15.3 Å². The first-order valence-corrected chi connectivity index (χ1v) is 38.2. The summed E-state index contributed by atoms with van der Waals surface area (Å²) in [4.78, 5) is 90.6. The van der Waals surface area contributed by atoms with Crippen molar-refractivity contribution < 1.29 is 74.7 Å². The molecule has 0 bridgehead atoms. The Balaban J connectivity index is 0.000000158. The van der Waals surface area contributed by atoms with Crippen molar-refractivity contribution in [2.24, 2.45) is 0 Å². The number of nitrogens with zero attached hydrogens (tertiary/aromatic N) is 6. The summed E-state index contributed by atoms with van der Waals surface area (Å²) in [5.74, 6) is -5.45. The average molecular weight is 1660 g/mol. The summed E-state index contributed by atoms with van der Waals surface area (Å²) >= 11 is 0. The molecular formula is C102H81AlN6O15. The molecule has 12 aromatic carbocycles. The number of aromatic carboxylic acids is 6. The van der Waals surface area contributed by atoms with E-state index in [-0.39, 0.29) is 68.0 Å². The molecule has 0 amide bonds. The molecule has 0 aliphatic carbocycles. The fraction of sp³-hybridized carbons (Fsp3) is 0.0588. The second-order valence-corrected chi connectivity index (χ2v) is 27.5. The van der Waals surface area contributed by atoms with Gasteiger partial charge in [-0.3, -0.25) is 29.9 Å². The van der Waals surface area contributed by atoms with Crippen molar-refractivity contribution in [3.8, 4) is 50.6 Å². The van der Waals surface area contributed by atoms with Gasteiger partial charge in [0.1, 0.15) is 0 Å². The van der Waals surface area contributed by atoms with Crippen molar-refractivity contribution in [3.63, 3.8) is 0 Å². The van der Waals surface area contributed by atoms with Gasteiger partial charge in [0.15, 0.2) is 0 Å². The van der Waals surface area contributed by atoms with E-state index >= 15 is 0 Å². The quantitative estimate of drug-likeness (QED) is 0.0731. The Morgan fingerprint density at radius 2 is 0.331 bits per heavy atom. The molecule has 0 saturated heterocycles. The molecule has 6 heterocycles. The van der Waals surface area contributed by atoms with Gasteiger partial charge in [0, 0.05) is 66.5 Å². The zero-order valence-electron chi connectivity index (χ0n) is 68.0. The summed E-state index contributed by atoms with van der Waals surface area (Å²) in [6.07, 6.45) is 0. The number of benzene rings is 12. The van der Waals surface area contributed by atoms with Gasteiger partial charge in [-0.2, -0.15) is 0 Å². The van der Waals surface area contributed by atoms with Gasteiger partial charge in [0.05, 0.1) is 66.5 Å². The van der Waals surface area contributed by atoms with Gasteiger partial charge in [-0.15, -0.1) is 17.2 Å². The number of aryl methyl sites for hydroxylation is 6. The number of pyridine rings is 6. The molecule has 0 radical (unpaired) electrons. The van der Waals surface area contributed by atoms with E-state index in [0.717, 1.165) is 99.9 Å². The largest absolute Gasteiger partial charge is 3.00 e. The van der Waals surface area contributed by atoms with Gasteiger partial charge in [-0.1, -0.05) is 273 Å². The molecular weight excluding hydrogens is 1580 g/mol. The smallest absolute Gasteiger partial charge is 0.872 e. The number of para-hydroxylation sites is 6. The Labute approximate surface area is 724 Å². The van der Waals surface area contributed by atoms with E-state index in [2.05, 4.69) is 29.9 Å². The normalized spacial score (nSPS) is 10.1. The maximum Gasteiger partial charge on any atom is 3.00 e. The van der Waals surface area contributed by atoms with Crippen molar-refractivity contribution >= 4 is 119 Å². The van der Waals surface area contributed by atoms with E-state index in [1.165, 1.54) is 0 Å². The van der Waals surface area contributed by atoms with Gasteiger partial charge in [0.2, 0.25) is 0 Å². The third kappa shape index (κ3) is 25.9. The van der Waals surface area contributed by atoms with Gasteiger partial charge >= 0.3 is 53.2 Å². The summed E-state index contributed by atoms with van der Waals surface area (Å²) in [5.41, 5.74) is 16.5. The zero-order chi connectivity index (χ0) is 88.1. The van der Waals surface area contributed by atoms with Crippen molar-refractivity contribution in [2.45, 2.75) is 41.5 Å². The summed E-state index contributed by atoms with van der Waals surface area (Å²) in [6.45, 7) is 11.1. The standard InChI is InChI=1S/3C12H10O.6C11H9NO2.Al/c3*13-12-8-6-11(7-9-12)10-4-2-1-3-5-10;6*1-7-5-6-8-3-2-4-9(11(13)14)10(8)12-7;/h3*1-9,13H;6*2-6H,1H3,(H,13,14);/q;;;;;;;;;+3/p-3. The topological polar surface area (TPSA) is 370 Å². The van der Waals surface area contributed by atoms with Crippen LogP contribution in [0.15, 0.2) is 346 Å². The predicted molar refractivity (Wildman–Crippen MR) is 480 cm³/mol. The summed E-state index contributed by atoms with van der Waals surface area (Å²) in [7, 11) is 0. The number of aromatic nitrogens is 6. The minimum absolute atomic E-state index is 0. The number of hydrogen-bond acceptors (Lipinski definition) is 15. The zero-order valence-corrected chi connectivity index (χ0v) is 69.2. The molecule has 0 aliphatic heterocycles. The first-order chi connectivity index (χ1) is 59.2. The molecule has 0 aliphatic rings. The van der Waals surface area contributed by atoms with Crippen molar-refractivity contribution in [2.75, 3.05) is 0 Å². The van der Waals surface area contributed by atoms with E-state index in [1.807, 2.05) is 278 Å². The monoisotopic (exact) mass is 1660 g/mol. The molecule has 612 valence electrons. The van der Waals surface area contributed by atoms with Gasteiger partial charge in [-0.05, 0) is 148 Å². The molecule has 22 heteroatoms. The molecule has 124 heavy (non-hydrogen) atoms. The number of carboxylic acid groups (broad SMARTS) is 6. The van der Waals surface area contributed by atoms with Gasteiger partial charge in [-0.25, -0.2) is 28.8 Å². The predicted octanol–water partition coefficient (Wildman–Crippen LogP) is 20.3. The van der Waals surface area contributed by atoms with E-state index < -0.39 is 35.8 Å². The molecule has 18 aromatic rings. The van der Waals surface area contributed by atoms with Crippen molar-refractivity contribution in [3.05, 3.63) is 413 Å². The molecule has 0 saturated carbocycles. The van der Waals surface area contributed by atoms with Crippen LogP contribution in [0.3, 0.4) is 0 Å². The van der Waals surface area contributed by atoms with Gasteiger partial charge in [0.25, 0.3) is 0 Å². The summed E-state index contributed by atoms with van der Waals surface area (Å²) in [5, 5.41) is 91.3. The number of fused-ring (bicyclic) bond motifs is 6. The maximum atomic E-state index is 10.9. The Hall–Kier alpha value is -16.1. The van der Waals surface area contributed by atoms with Crippen LogP contribution >= 0.6 is 0 Å². The van der Waals surface area contributed by atoms with Crippen LogP contribution in [-0.2, 0) is 0 Å². The van der Waals surface area contributed by atoms with Crippen LogP contribution in [0, 0.1) is 41.5 Å². The average Bonchev–Trinajstić information content (AvgIpc) is 0.835. The van der Waals surface area contributed by atoms with Crippen molar-refractivity contribution in [1.29, 1.82) is 0 Å². The summed E-state index contributed by atoms with van der Waals surface area (Å²) < 4.78 is 0. The Kier molecular flexibility index (Phi) is 33.0. The van der Waals surface area contributed by atoms with Crippen LogP contribution in [0.1, 0.15) is 96.3 Å². The Morgan fingerprint density at radius 1 is 0.185 bits per heavy atom. The van der Waals surface area contributed by atoms with Crippen LogP contribution in [0.5, 0.6) is 17.2 Å². The number of carboxylic acids is 6. The summed E-state index contributed by atoms with van der Waals surface area (Å²) in [6, 6.07) is 104. The first-order valence-electron chi connectivity index (χ1n) is 38.2. The minimum atomic E-state index is -0.936. The molecule has 0 atom stereocenters. The fourth-order valence-electron chi connectivity index (χ4n) is 12.3. The molecule has 21 nitrogen and oxygen atoms in total. The number of hydrogen-bond donors (Lipinski definition) is 6. The van der Waals surface area contributed by atoms with E-state index in [4.69, 9.17) is 30.6 Å². The second kappa shape index (κ2) is 44.6. The van der Waals surface area contributed by atoms with Crippen LogP contribution in [0.25, 0.3) is 98.8 Å². The molecule has 6 N–H and O–H groups in total. The molecule has 0 spiro atoms. The number of rotatable bonds is 9. The van der Waals surface area contributed by atoms with E-state index in [1.54, 1.807) is 109 Å².